The Morgan fingerprint density at radius 3 is 2.69 bits per heavy atom. The average molecular weight is 178 g/mol. The van der Waals surface area contributed by atoms with Gasteiger partial charge in [-0.15, -0.1) is 0 Å². The number of aromatic nitrogens is 3. The summed E-state index contributed by atoms with van der Waals surface area (Å²) in [7, 11) is 0. The highest BCUT2D eigenvalue weighted by molar-refractivity contribution is 5.80. The molecule has 0 aliphatic heterocycles. The Morgan fingerprint density at radius 1 is 1.31 bits per heavy atom. The number of aryl methyl sites for hydroxylation is 2. The van der Waals surface area contributed by atoms with Gasteiger partial charge in [0.2, 0.25) is 5.95 Å². The number of nitrogen functional groups attached to an aromatic ring is 1. The summed E-state index contributed by atoms with van der Waals surface area (Å²) in [4.78, 5) is 20.8. The van der Waals surface area contributed by atoms with Crippen molar-refractivity contribution in [1.82, 2.24) is 15.0 Å². The molecule has 2 heterocycles. The van der Waals surface area contributed by atoms with Crippen molar-refractivity contribution in [3.05, 3.63) is 21.6 Å². The third-order valence-corrected chi connectivity index (χ3v) is 2.17. The third-order valence-electron chi connectivity index (χ3n) is 2.17. The van der Waals surface area contributed by atoms with E-state index in [0.29, 0.717) is 11.0 Å². The zero-order chi connectivity index (χ0) is 9.59. The molecule has 68 valence electrons. The van der Waals surface area contributed by atoms with Gasteiger partial charge in [0, 0.05) is 5.69 Å². The lowest BCUT2D eigenvalue weighted by molar-refractivity contribution is 1.17. The van der Waals surface area contributed by atoms with Gasteiger partial charge in [0.15, 0.2) is 0 Å². The largest absolute Gasteiger partial charge is 0.369 e. The van der Waals surface area contributed by atoms with Crippen molar-refractivity contribution in [2.75, 3.05) is 5.73 Å². The number of aromatic amines is 2. The minimum absolute atomic E-state index is 0.152. The second-order valence-electron chi connectivity index (χ2n) is 3.05. The van der Waals surface area contributed by atoms with Crippen molar-refractivity contribution in [3.63, 3.8) is 0 Å². The maximum atomic E-state index is 11.4. The molecule has 0 atom stereocenters. The highest BCUT2D eigenvalue weighted by Crippen LogP contribution is 2.15. The molecule has 0 spiro atoms. The van der Waals surface area contributed by atoms with Crippen LogP contribution in [0, 0.1) is 13.8 Å². The van der Waals surface area contributed by atoms with E-state index in [1.54, 1.807) is 0 Å². The van der Waals surface area contributed by atoms with E-state index < -0.39 is 0 Å². The lowest BCUT2D eigenvalue weighted by Crippen LogP contribution is -2.10. The molecule has 5 heteroatoms. The van der Waals surface area contributed by atoms with Crippen molar-refractivity contribution >= 4 is 17.0 Å². The molecule has 0 aromatic carbocycles. The third kappa shape index (κ3) is 1.00. The molecule has 0 aliphatic rings. The molecule has 2 aromatic rings. The molecule has 5 nitrogen and oxygen atoms in total. The Kier molecular flexibility index (Phi) is 1.42. The van der Waals surface area contributed by atoms with E-state index in [0.717, 1.165) is 11.3 Å². The molecule has 0 radical (unpaired) electrons. The summed E-state index contributed by atoms with van der Waals surface area (Å²) in [5.41, 5.74) is 8.25. The highest BCUT2D eigenvalue weighted by Gasteiger charge is 2.08. The SMILES string of the molecule is Cc1[nH]c2c(=O)[nH]c(N)nc2c1C. The number of H-pyrrole nitrogens is 2. The van der Waals surface area contributed by atoms with Gasteiger partial charge in [-0.05, 0) is 19.4 Å². The first kappa shape index (κ1) is 7.85. The van der Waals surface area contributed by atoms with E-state index in [4.69, 9.17) is 5.73 Å². The molecule has 13 heavy (non-hydrogen) atoms. The molecule has 0 saturated carbocycles. The fraction of sp³-hybridized carbons (Fsp3) is 0.250. The fourth-order valence-corrected chi connectivity index (χ4v) is 1.34. The van der Waals surface area contributed by atoms with Gasteiger partial charge >= 0.3 is 0 Å². The fourth-order valence-electron chi connectivity index (χ4n) is 1.34. The summed E-state index contributed by atoms with van der Waals surface area (Å²) in [6, 6.07) is 0. The molecular weight excluding hydrogens is 168 g/mol. The molecule has 0 aliphatic carbocycles. The molecular formula is C8H10N4O. The lowest BCUT2D eigenvalue weighted by Gasteiger charge is -1.92. The number of nitrogens with one attached hydrogen (secondary N) is 2. The number of hydrogen-bond donors (Lipinski definition) is 3. The van der Waals surface area contributed by atoms with Gasteiger partial charge in [-0.1, -0.05) is 0 Å². The van der Waals surface area contributed by atoms with Crippen LogP contribution in [0.25, 0.3) is 11.0 Å². The first-order valence-electron chi connectivity index (χ1n) is 3.94. The van der Waals surface area contributed by atoms with Crippen molar-refractivity contribution in [2.24, 2.45) is 0 Å². The van der Waals surface area contributed by atoms with Crippen molar-refractivity contribution in [2.45, 2.75) is 13.8 Å². The van der Waals surface area contributed by atoms with Gasteiger partial charge in [0.05, 0.1) is 0 Å². The summed E-state index contributed by atoms with van der Waals surface area (Å²) < 4.78 is 0. The van der Waals surface area contributed by atoms with Crippen LogP contribution in [0.1, 0.15) is 11.3 Å². The van der Waals surface area contributed by atoms with Crippen molar-refractivity contribution < 1.29 is 0 Å². The standard InChI is InChI=1S/C8H10N4O/c1-3-4(2)10-6-5(3)11-8(9)12-7(6)13/h10H,1-2H3,(H3,9,11,12,13). The summed E-state index contributed by atoms with van der Waals surface area (Å²) >= 11 is 0. The van der Waals surface area contributed by atoms with E-state index in [1.807, 2.05) is 13.8 Å². The lowest BCUT2D eigenvalue weighted by atomic mass is 10.2. The Bertz CT molecular complexity index is 523. The first-order valence-corrected chi connectivity index (χ1v) is 3.94. The van der Waals surface area contributed by atoms with Gasteiger partial charge in [0.25, 0.3) is 5.56 Å². The molecule has 0 unspecified atom stereocenters. The molecule has 0 amide bonds. The van der Waals surface area contributed by atoms with Gasteiger partial charge < -0.3 is 10.7 Å². The molecule has 0 bridgehead atoms. The second kappa shape index (κ2) is 2.35. The molecule has 2 rings (SSSR count). The Labute approximate surface area is 74.0 Å². The number of anilines is 1. The maximum Gasteiger partial charge on any atom is 0.276 e. The highest BCUT2D eigenvalue weighted by atomic mass is 16.1. The number of hydrogen-bond acceptors (Lipinski definition) is 3. The zero-order valence-corrected chi connectivity index (χ0v) is 7.43. The van der Waals surface area contributed by atoms with Crippen LogP contribution in [0.15, 0.2) is 4.79 Å². The first-order chi connectivity index (χ1) is 6.09. The van der Waals surface area contributed by atoms with E-state index >= 15 is 0 Å². The Morgan fingerprint density at radius 2 is 2.00 bits per heavy atom. The number of fused-ring (bicyclic) bond motifs is 1. The van der Waals surface area contributed by atoms with Crippen LogP contribution in [-0.2, 0) is 0 Å². The molecule has 0 saturated heterocycles. The number of nitrogens with two attached hydrogens (primary N) is 1. The van der Waals surface area contributed by atoms with E-state index in [-0.39, 0.29) is 11.5 Å². The van der Waals surface area contributed by atoms with E-state index in [9.17, 15) is 4.79 Å². The van der Waals surface area contributed by atoms with Crippen LogP contribution in [0.3, 0.4) is 0 Å². The van der Waals surface area contributed by atoms with E-state index in [1.165, 1.54) is 0 Å². The predicted octanol–water partition coefficient (Wildman–Crippen LogP) is 0.450. The molecule has 0 fully saturated rings. The zero-order valence-electron chi connectivity index (χ0n) is 7.43. The Hall–Kier alpha value is -1.78. The van der Waals surface area contributed by atoms with Crippen molar-refractivity contribution in [3.8, 4) is 0 Å². The topological polar surface area (TPSA) is 87.6 Å². The predicted molar refractivity (Wildman–Crippen MR) is 50.6 cm³/mol. The van der Waals surface area contributed by atoms with Crippen LogP contribution in [-0.4, -0.2) is 15.0 Å². The van der Waals surface area contributed by atoms with Crippen molar-refractivity contribution in [1.29, 1.82) is 0 Å². The molecule has 2 aromatic heterocycles. The monoisotopic (exact) mass is 178 g/mol. The normalized spacial score (nSPS) is 10.9. The summed E-state index contributed by atoms with van der Waals surface area (Å²) in [5, 5.41) is 0. The number of rotatable bonds is 0. The number of nitrogens with zero attached hydrogens (tertiary/aromatic N) is 1. The van der Waals surface area contributed by atoms with Gasteiger partial charge in [-0.3, -0.25) is 9.78 Å². The van der Waals surface area contributed by atoms with Crippen LogP contribution >= 0.6 is 0 Å². The summed E-state index contributed by atoms with van der Waals surface area (Å²) in [5.74, 6) is 0.152. The van der Waals surface area contributed by atoms with Gasteiger partial charge in [0.1, 0.15) is 11.0 Å². The average Bonchev–Trinajstić information content (AvgIpc) is 2.32. The minimum Gasteiger partial charge on any atom is -0.369 e. The van der Waals surface area contributed by atoms with Gasteiger partial charge in [-0.25, -0.2) is 4.98 Å². The summed E-state index contributed by atoms with van der Waals surface area (Å²) in [6.07, 6.45) is 0. The molecule has 4 N–H and O–H groups in total. The smallest absolute Gasteiger partial charge is 0.276 e. The van der Waals surface area contributed by atoms with Crippen LogP contribution in [0.4, 0.5) is 5.95 Å². The van der Waals surface area contributed by atoms with Crippen LogP contribution in [0.5, 0.6) is 0 Å². The Balaban J connectivity index is 3.03. The summed E-state index contributed by atoms with van der Waals surface area (Å²) in [6.45, 7) is 3.80. The quantitative estimate of drug-likeness (QED) is 0.547. The van der Waals surface area contributed by atoms with Gasteiger partial charge in [-0.2, -0.15) is 0 Å². The second-order valence-corrected chi connectivity index (χ2v) is 3.05. The van der Waals surface area contributed by atoms with E-state index in [2.05, 4.69) is 15.0 Å². The van der Waals surface area contributed by atoms with Crippen LogP contribution < -0.4 is 11.3 Å². The maximum absolute atomic E-state index is 11.4. The van der Waals surface area contributed by atoms with Crippen LogP contribution in [0.2, 0.25) is 0 Å². The minimum atomic E-state index is -0.223.